The van der Waals surface area contributed by atoms with E-state index < -0.39 is 15.8 Å². The van der Waals surface area contributed by atoms with Gasteiger partial charge in [-0.2, -0.15) is 0 Å². The van der Waals surface area contributed by atoms with Gasteiger partial charge in [-0.3, -0.25) is 4.79 Å². The van der Waals surface area contributed by atoms with Crippen LogP contribution in [0.4, 0.5) is 4.39 Å². The minimum absolute atomic E-state index is 0.164. The average Bonchev–Trinajstić information content (AvgIpc) is 3.09. The first kappa shape index (κ1) is 18.8. The summed E-state index contributed by atoms with van der Waals surface area (Å²) in [7, 11) is -3.15. The van der Waals surface area contributed by atoms with Gasteiger partial charge in [0.2, 0.25) is 10.0 Å². The quantitative estimate of drug-likeness (QED) is 0.615. The summed E-state index contributed by atoms with van der Waals surface area (Å²) in [6, 6.07) is 11.9. The number of carbonyl (C=O) groups excluding carboxylic acids is 1. The summed E-state index contributed by atoms with van der Waals surface area (Å²) < 4.78 is 44.9. The fourth-order valence-electron chi connectivity index (χ4n) is 3.86. The van der Waals surface area contributed by atoms with Gasteiger partial charge in [-0.05, 0) is 48.6 Å². The largest absolute Gasteiger partial charge is 0.456 e. The standard InChI is InChI=1S/C21H20FNO4S/c1-28(25,26)23-9-7-14(8-10-23)15-5-6-19-17(11-15)12-20(27-19)21-16(13-24)3-2-4-18(21)22/h2-6,11-14H,7-10H2,1H3. The molecule has 1 fully saturated rings. The van der Waals surface area contributed by atoms with Crippen molar-refractivity contribution in [2.45, 2.75) is 18.8 Å². The van der Waals surface area contributed by atoms with Crippen LogP contribution >= 0.6 is 0 Å². The molecule has 1 aromatic heterocycles. The molecule has 2 aromatic carbocycles. The number of halogens is 1. The third-order valence-corrected chi connectivity index (χ3v) is 6.66. The molecule has 3 aromatic rings. The number of benzene rings is 2. The Bertz CT molecular complexity index is 1140. The molecule has 0 atom stereocenters. The molecule has 2 heterocycles. The molecule has 0 spiro atoms. The fourth-order valence-corrected chi connectivity index (χ4v) is 4.73. The van der Waals surface area contributed by atoms with Crippen LogP contribution in [0.2, 0.25) is 0 Å². The van der Waals surface area contributed by atoms with Crippen LogP contribution in [-0.4, -0.2) is 38.4 Å². The molecule has 146 valence electrons. The Morgan fingerprint density at radius 1 is 1.14 bits per heavy atom. The van der Waals surface area contributed by atoms with Gasteiger partial charge in [0, 0.05) is 24.0 Å². The first-order valence-electron chi connectivity index (χ1n) is 9.09. The third-order valence-electron chi connectivity index (χ3n) is 5.35. The second-order valence-corrected chi connectivity index (χ2v) is 9.15. The van der Waals surface area contributed by atoms with Crippen molar-refractivity contribution in [2.75, 3.05) is 19.3 Å². The Balaban J connectivity index is 1.64. The summed E-state index contributed by atoms with van der Waals surface area (Å²) in [5, 5.41) is 0.832. The number of carbonyl (C=O) groups is 1. The van der Waals surface area contributed by atoms with Crippen LogP contribution in [0.5, 0.6) is 0 Å². The highest BCUT2D eigenvalue weighted by Crippen LogP contribution is 2.35. The molecule has 28 heavy (non-hydrogen) atoms. The van der Waals surface area contributed by atoms with Gasteiger partial charge in [0.1, 0.15) is 17.2 Å². The van der Waals surface area contributed by atoms with Crippen molar-refractivity contribution < 1.29 is 22.0 Å². The molecule has 0 aliphatic carbocycles. The normalized spacial score (nSPS) is 16.5. The molecule has 4 rings (SSSR count). The lowest BCUT2D eigenvalue weighted by Gasteiger charge is -2.30. The molecule has 5 nitrogen and oxygen atoms in total. The van der Waals surface area contributed by atoms with E-state index in [4.69, 9.17) is 4.42 Å². The van der Waals surface area contributed by atoms with Crippen LogP contribution in [0.25, 0.3) is 22.3 Å². The minimum Gasteiger partial charge on any atom is -0.456 e. The van der Waals surface area contributed by atoms with E-state index in [9.17, 15) is 17.6 Å². The van der Waals surface area contributed by atoms with Crippen molar-refractivity contribution in [3.63, 3.8) is 0 Å². The maximum absolute atomic E-state index is 14.3. The van der Waals surface area contributed by atoms with Crippen molar-refractivity contribution in [3.05, 3.63) is 59.4 Å². The minimum atomic E-state index is -3.15. The van der Waals surface area contributed by atoms with Gasteiger partial charge < -0.3 is 4.42 Å². The molecule has 0 bridgehead atoms. The Hall–Kier alpha value is -2.51. The van der Waals surface area contributed by atoms with E-state index in [1.165, 1.54) is 22.7 Å². The summed E-state index contributed by atoms with van der Waals surface area (Å²) in [5.74, 6) is 0.0796. The Labute approximate surface area is 162 Å². The van der Waals surface area contributed by atoms with Crippen LogP contribution in [0, 0.1) is 5.82 Å². The number of hydrogen-bond acceptors (Lipinski definition) is 4. The first-order valence-corrected chi connectivity index (χ1v) is 10.9. The maximum Gasteiger partial charge on any atom is 0.211 e. The zero-order valence-electron chi connectivity index (χ0n) is 15.4. The number of nitrogens with zero attached hydrogens (tertiary/aromatic N) is 1. The average molecular weight is 401 g/mol. The summed E-state index contributed by atoms with van der Waals surface area (Å²) in [6.45, 7) is 1.02. The zero-order valence-corrected chi connectivity index (χ0v) is 16.2. The van der Waals surface area contributed by atoms with Crippen LogP contribution in [0.1, 0.15) is 34.7 Å². The Morgan fingerprint density at radius 2 is 1.89 bits per heavy atom. The first-order chi connectivity index (χ1) is 13.4. The molecule has 0 amide bonds. The summed E-state index contributed by atoms with van der Waals surface area (Å²) in [4.78, 5) is 11.3. The number of hydrogen-bond donors (Lipinski definition) is 0. The highest BCUT2D eigenvalue weighted by Gasteiger charge is 2.26. The third kappa shape index (κ3) is 3.47. The molecule has 0 radical (unpaired) electrons. The van der Waals surface area contributed by atoms with E-state index >= 15 is 0 Å². The van der Waals surface area contributed by atoms with Crippen molar-refractivity contribution in [2.24, 2.45) is 0 Å². The fraction of sp³-hybridized carbons (Fsp3) is 0.286. The van der Waals surface area contributed by atoms with Gasteiger partial charge in [-0.25, -0.2) is 17.1 Å². The maximum atomic E-state index is 14.3. The van der Waals surface area contributed by atoms with E-state index in [2.05, 4.69) is 0 Å². The molecule has 0 saturated carbocycles. The van der Waals surface area contributed by atoms with E-state index in [-0.39, 0.29) is 17.0 Å². The van der Waals surface area contributed by atoms with Gasteiger partial charge >= 0.3 is 0 Å². The van der Waals surface area contributed by atoms with Crippen molar-refractivity contribution in [1.82, 2.24) is 4.31 Å². The highest BCUT2D eigenvalue weighted by molar-refractivity contribution is 7.88. The predicted molar refractivity (Wildman–Crippen MR) is 105 cm³/mol. The molecule has 7 heteroatoms. The number of furan rings is 1. The van der Waals surface area contributed by atoms with Gasteiger partial charge in [-0.1, -0.05) is 18.2 Å². The summed E-state index contributed by atoms with van der Waals surface area (Å²) >= 11 is 0. The van der Waals surface area contributed by atoms with Crippen LogP contribution in [0.3, 0.4) is 0 Å². The molecule has 1 aliphatic heterocycles. The summed E-state index contributed by atoms with van der Waals surface area (Å²) in [6.07, 6.45) is 3.37. The van der Waals surface area contributed by atoms with Crippen LogP contribution in [-0.2, 0) is 10.0 Å². The lowest BCUT2D eigenvalue weighted by Crippen LogP contribution is -2.37. The lowest BCUT2D eigenvalue weighted by molar-refractivity contribution is 0.112. The monoisotopic (exact) mass is 401 g/mol. The molecular weight excluding hydrogens is 381 g/mol. The molecule has 1 aliphatic rings. The van der Waals surface area contributed by atoms with Crippen molar-refractivity contribution >= 4 is 27.3 Å². The Morgan fingerprint density at radius 3 is 2.57 bits per heavy atom. The molecule has 0 N–H and O–H groups in total. The predicted octanol–water partition coefficient (Wildman–Crippen LogP) is 4.19. The SMILES string of the molecule is CS(=O)(=O)N1CCC(c2ccc3oc(-c4c(F)cccc4C=O)cc3c2)CC1. The smallest absolute Gasteiger partial charge is 0.211 e. The zero-order chi connectivity index (χ0) is 19.9. The van der Waals surface area contributed by atoms with Crippen LogP contribution in [0.15, 0.2) is 46.9 Å². The molecular formula is C21H20FNO4S. The van der Waals surface area contributed by atoms with Crippen LogP contribution < -0.4 is 0 Å². The second-order valence-electron chi connectivity index (χ2n) is 7.17. The number of aldehydes is 1. The summed E-state index contributed by atoms with van der Waals surface area (Å²) in [5.41, 5.74) is 2.13. The van der Waals surface area contributed by atoms with Crippen molar-refractivity contribution in [3.8, 4) is 11.3 Å². The highest BCUT2D eigenvalue weighted by atomic mass is 32.2. The topological polar surface area (TPSA) is 67.6 Å². The van der Waals surface area contributed by atoms with E-state index in [0.717, 1.165) is 23.8 Å². The number of sulfonamides is 1. The van der Waals surface area contributed by atoms with Gasteiger partial charge in [-0.15, -0.1) is 0 Å². The van der Waals surface area contributed by atoms with E-state index in [0.29, 0.717) is 30.7 Å². The van der Waals surface area contributed by atoms with Gasteiger partial charge in [0.25, 0.3) is 0 Å². The van der Waals surface area contributed by atoms with E-state index in [1.54, 1.807) is 12.1 Å². The number of fused-ring (bicyclic) bond motifs is 1. The second kappa shape index (κ2) is 7.14. The number of piperidine rings is 1. The molecule has 1 saturated heterocycles. The molecule has 0 unspecified atom stereocenters. The van der Waals surface area contributed by atoms with Gasteiger partial charge in [0.15, 0.2) is 6.29 Å². The van der Waals surface area contributed by atoms with Crippen molar-refractivity contribution in [1.29, 1.82) is 0 Å². The van der Waals surface area contributed by atoms with E-state index in [1.807, 2.05) is 18.2 Å². The van der Waals surface area contributed by atoms with Gasteiger partial charge in [0.05, 0.1) is 11.8 Å². The lowest BCUT2D eigenvalue weighted by atomic mass is 9.90. The Kier molecular flexibility index (Phi) is 4.81. The number of rotatable bonds is 4.